The molecule has 2 aliphatic heterocycles. The number of hydrogen-bond acceptors (Lipinski definition) is 3. The van der Waals surface area contributed by atoms with Gasteiger partial charge in [-0.3, -0.25) is 5.32 Å². The number of nitrogens with one attached hydrogen (secondary N) is 1. The maximum absolute atomic E-state index is 3.38. The van der Waals surface area contributed by atoms with Gasteiger partial charge in [-0.05, 0) is 51.2 Å². The molecule has 1 fully saturated rings. The zero-order valence-electron chi connectivity index (χ0n) is 14.1. The molecule has 0 atom stereocenters. The average molecular weight is 310 g/mol. The van der Waals surface area contributed by atoms with Crippen molar-refractivity contribution in [1.82, 2.24) is 14.8 Å². The quantitative estimate of drug-likeness (QED) is 0.922. The van der Waals surface area contributed by atoms with Gasteiger partial charge in [0.1, 0.15) is 0 Å². The molecule has 4 nitrogen and oxygen atoms in total. The van der Waals surface area contributed by atoms with Crippen molar-refractivity contribution in [3.63, 3.8) is 0 Å². The third-order valence-electron chi connectivity index (χ3n) is 5.36. The van der Waals surface area contributed by atoms with E-state index >= 15 is 0 Å². The standard InChI is InChI=1S/C19H26N4/c1-21-10-6-15(7-11-21)18-12-16-4-5-17(13-19(16)22(18)2)23-9-3-8-20-14-23/h3-5,9,12-13,15,20H,6-8,10-11,14H2,1-2H3. The van der Waals surface area contributed by atoms with Crippen LogP contribution in [0.2, 0.25) is 0 Å². The monoisotopic (exact) mass is 310 g/mol. The zero-order chi connectivity index (χ0) is 15.8. The van der Waals surface area contributed by atoms with Gasteiger partial charge >= 0.3 is 0 Å². The maximum atomic E-state index is 3.38. The lowest BCUT2D eigenvalue weighted by Gasteiger charge is -2.29. The molecule has 1 aromatic carbocycles. The molecule has 2 aromatic rings. The minimum absolute atomic E-state index is 0.698. The van der Waals surface area contributed by atoms with Gasteiger partial charge in [-0.1, -0.05) is 12.1 Å². The number of nitrogens with zero attached hydrogens (tertiary/aromatic N) is 3. The summed E-state index contributed by atoms with van der Waals surface area (Å²) in [6.07, 6.45) is 6.89. The fraction of sp³-hybridized carbons (Fsp3) is 0.474. The Morgan fingerprint density at radius 2 is 1.91 bits per heavy atom. The highest BCUT2D eigenvalue weighted by Crippen LogP contribution is 2.33. The number of aryl methyl sites for hydroxylation is 1. The van der Waals surface area contributed by atoms with Gasteiger partial charge in [0.15, 0.2) is 0 Å². The van der Waals surface area contributed by atoms with Crippen molar-refractivity contribution in [1.29, 1.82) is 0 Å². The van der Waals surface area contributed by atoms with Crippen LogP contribution in [0.4, 0.5) is 5.69 Å². The van der Waals surface area contributed by atoms with E-state index in [4.69, 9.17) is 0 Å². The lowest BCUT2D eigenvalue weighted by Crippen LogP contribution is -2.34. The van der Waals surface area contributed by atoms with Crippen LogP contribution in [0.3, 0.4) is 0 Å². The Labute approximate surface area is 138 Å². The predicted molar refractivity (Wildman–Crippen MR) is 96.9 cm³/mol. The fourth-order valence-electron chi connectivity index (χ4n) is 3.89. The van der Waals surface area contributed by atoms with Crippen LogP contribution in [-0.2, 0) is 7.05 Å². The third kappa shape index (κ3) is 2.77. The van der Waals surface area contributed by atoms with E-state index in [1.807, 2.05) is 0 Å². The highest BCUT2D eigenvalue weighted by Gasteiger charge is 2.22. The summed E-state index contributed by atoms with van der Waals surface area (Å²) in [5, 5.41) is 4.75. The van der Waals surface area contributed by atoms with Crippen LogP contribution in [0.25, 0.3) is 10.9 Å². The highest BCUT2D eigenvalue weighted by molar-refractivity contribution is 5.85. The van der Waals surface area contributed by atoms with Crippen LogP contribution >= 0.6 is 0 Å². The Morgan fingerprint density at radius 1 is 1.09 bits per heavy atom. The van der Waals surface area contributed by atoms with Crippen molar-refractivity contribution in [2.75, 3.05) is 38.3 Å². The van der Waals surface area contributed by atoms with E-state index in [1.165, 1.54) is 48.2 Å². The lowest BCUT2D eigenvalue weighted by molar-refractivity contribution is 0.252. The summed E-state index contributed by atoms with van der Waals surface area (Å²) in [7, 11) is 4.45. The van der Waals surface area contributed by atoms with Crippen LogP contribution in [-0.4, -0.2) is 42.8 Å². The van der Waals surface area contributed by atoms with Crippen molar-refractivity contribution in [3.8, 4) is 0 Å². The molecule has 1 aromatic heterocycles. The molecule has 1 saturated heterocycles. The summed E-state index contributed by atoms with van der Waals surface area (Å²) < 4.78 is 2.41. The van der Waals surface area contributed by atoms with Crippen molar-refractivity contribution < 1.29 is 0 Å². The summed E-state index contributed by atoms with van der Waals surface area (Å²) in [6, 6.07) is 9.23. The molecule has 23 heavy (non-hydrogen) atoms. The smallest absolute Gasteiger partial charge is 0.0728 e. The molecule has 0 bridgehead atoms. The summed E-state index contributed by atoms with van der Waals surface area (Å²) in [4.78, 5) is 4.71. The van der Waals surface area contributed by atoms with Gasteiger partial charge in [-0.2, -0.15) is 0 Å². The van der Waals surface area contributed by atoms with E-state index < -0.39 is 0 Å². The minimum Gasteiger partial charge on any atom is -0.347 e. The summed E-state index contributed by atoms with van der Waals surface area (Å²) in [5.41, 5.74) is 4.10. The van der Waals surface area contributed by atoms with Crippen LogP contribution in [0, 0.1) is 0 Å². The number of rotatable bonds is 2. The molecule has 0 radical (unpaired) electrons. The van der Waals surface area contributed by atoms with E-state index in [1.54, 1.807) is 0 Å². The van der Waals surface area contributed by atoms with E-state index in [-0.39, 0.29) is 0 Å². The number of likely N-dealkylation sites (tertiary alicyclic amines) is 1. The second-order valence-corrected chi connectivity index (χ2v) is 6.92. The Kier molecular flexibility index (Phi) is 3.87. The molecule has 1 N–H and O–H groups in total. The first kappa shape index (κ1) is 14.8. The van der Waals surface area contributed by atoms with Crippen LogP contribution < -0.4 is 10.2 Å². The molecule has 0 aliphatic carbocycles. The Morgan fingerprint density at radius 3 is 2.65 bits per heavy atom. The molecule has 0 saturated carbocycles. The van der Waals surface area contributed by atoms with Crippen molar-refractivity contribution >= 4 is 16.6 Å². The first-order valence-corrected chi connectivity index (χ1v) is 8.64. The maximum Gasteiger partial charge on any atom is 0.0728 e. The second-order valence-electron chi connectivity index (χ2n) is 6.92. The van der Waals surface area contributed by atoms with Crippen molar-refractivity contribution in [2.45, 2.75) is 18.8 Å². The first-order valence-electron chi connectivity index (χ1n) is 8.64. The first-order chi connectivity index (χ1) is 11.2. The second kappa shape index (κ2) is 6.02. The molecule has 4 heteroatoms. The van der Waals surface area contributed by atoms with Crippen LogP contribution in [0.1, 0.15) is 24.5 Å². The fourth-order valence-corrected chi connectivity index (χ4v) is 3.89. The van der Waals surface area contributed by atoms with E-state index in [2.05, 4.69) is 70.3 Å². The Bertz CT molecular complexity index is 722. The van der Waals surface area contributed by atoms with Crippen LogP contribution in [0.15, 0.2) is 36.5 Å². The number of anilines is 1. The van der Waals surface area contributed by atoms with E-state index in [0.717, 1.165) is 13.2 Å². The molecular weight excluding hydrogens is 284 g/mol. The average Bonchev–Trinajstić information content (AvgIpc) is 2.93. The van der Waals surface area contributed by atoms with Crippen molar-refractivity contribution in [2.24, 2.45) is 7.05 Å². The lowest BCUT2D eigenvalue weighted by atomic mass is 9.93. The topological polar surface area (TPSA) is 23.4 Å². The molecule has 0 amide bonds. The molecule has 0 unspecified atom stereocenters. The van der Waals surface area contributed by atoms with E-state index in [9.17, 15) is 0 Å². The normalized spacial score (nSPS) is 20.5. The molecule has 122 valence electrons. The molecular formula is C19H26N4. The SMILES string of the molecule is CN1CCC(c2cc3ccc(N4C=CCNC4)cc3n2C)CC1. The van der Waals surface area contributed by atoms with Gasteiger partial charge in [-0.25, -0.2) is 0 Å². The number of fused-ring (bicyclic) bond motifs is 1. The number of aromatic nitrogens is 1. The largest absolute Gasteiger partial charge is 0.347 e. The third-order valence-corrected chi connectivity index (χ3v) is 5.36. The number of benzene rings is 1. The Hall–Kier alpha value is -1.78. The van der Waals surface area contributed by atoms with Gasteiger partial charge in [0.25, 0.3) is 0 Å². The summed E-state index contributed by atoms with van der Waals surface area (Å²) in [6.45, 7) is 4.26. The molecule has 2 aliphatic rings. The molecule has 0 spiro atoms. The van der Waals surface area contributed by atoms with Crippen LogP contribution in [0.5, 0.6) is 0 Å². The Balaban J connectivity index is 1.67. The van der Waals surface area contributed by atoms with Gasteiger partial charge in [-0.15, -0.1) is 0 Å². The molecule has 3 heterocycles. The predicted octanol–water partition coefficient (Wildman–Crippen LogP) is 2.87. The van der Waals surface area contributed by atoms with Crippen molar-refractivity contribution in [3.05, 3.63) is 42.2 Å². The zero-order valence-corrected chi connectivity index (χ0v) is 14.1. The minimum atomic E-state index is 0.698. The number of piperidine rings is 1. The molecule has 4 rings (SSSR count). The van der Waals surface area contributed by atoms with E-state index in [0.29, 0.717) is 5.92 Å². The summed E-state index contributed by atoms with van der Waals surface area (Å²) in [5.74, 6) is 0.698. The van der Waals surface area contributed by atoms with Gasteiger partial charge in [0.05, 0.1) is 12.2 Å². The van der Waals surface area contributed by atoms with Gasteiger partial charge < -0.3 is 14.4 Å². The highest BCUT2D eigenvalue weighted by atomic mass is 15.2. The summed E-state index contributed by atoms with van der Waals surface area (Å²) >= 11 is 0. The number of hydrogen-bond donors (Lipinski definition) is 1. The van der Waals surface area contributed by atoms with Gasteiger partial charge in [0.2, 0.25) is 0 Å². The van der Waals surface area contributed by atoms with Gasteiger partial charge in [0, 0.05) is 42.5 Å².